The fourth-order valence-corrected chi connectivity index (χ4v) is 4.83. The van der Waals surface area contributed by atoms with Crippen LogP contribution in [0.5, 0.6) is 0 Å². The van der Waals surface area contributed by atoms with Crippen molar-refractivity contribution in [2.75, 3.05) is 32.7 Å². The summed E-state index contributed by atoms with van der Waals surface area (Å²) in [6.07, 6.45) is 4.22. The predicted octanol–water partition coefficient (Wildman–Crippen LogP) is -0.00350. The summed E-state index contributed by atoms with van der Waals surface area (Å²) in [6, 6.07) is 7.50. The van der Waals surface area contributed by atoms with Crippen LogP contribution in [0.2, 0.25) is 0 Å². The molecule has 0 radical (unpaired) electrons. The van der Waals surface area contributed by atoms with E-state index in [2.05, 4.69) is 26.3 Å². The van der Waals surface area contributed by atoms with Crippen molar-refractivity contribution in [1.29, 1.82) is 0 Å². The number of rotatable bonds is 12. The third-order valence-corrected chi connectivity index (χ3v) is 6.98. The number of aliphatic carboxylic acids is 1. The first-order valence-corrected chi connectivity index (χ1v) is 13.4. The number of hydrogen-bond donors (Lipinski definition) is 5. The molecular weight excluding hydrogens is 522 g/mol. The van der Waals surface area contributed by atoms with Crippen molar-refractivity contribution in [1.82, 2.24) is 31.1 Å². The number of benzene rings is 1. The van der Waals surface area contributed by atoms with Gasteiger partial charge in [-0.05, 0) is 24.8 Å². The summed E-state index contributed by atoms with van der Waals surface area (Å²) in [5.41, 5.74) is 0.723. The number of imide groups is 1. The second kappa shape index (κ2) is 13.6. The number of hydrogen-bond acceptors (Lipinski definition) is 9. The van der Waals surface area contributed by atoms with Crippen LogP contribution in [0.25, 0.3) is 0 Å². The van der Waals surface area contributed by atoms with Crippen LogP contribution in [0, 0.1) is 0 Å². The number of fused-ring (bicyclic) bond motifs is 1. The van der Waals surface area contributed by atoms with Crippen LogP contribution in [-0.4, -0.2) is 102 Å². The molecule has 0 spiro atoms. The molecule has 3 atom stereocenters. The highest BCUT2D eigenvalue weighted by Gasteiger charge is 2.37. The van der Waals surface area contributed by atoms with Gasteiger partial charge >= 0.3 is 18.1 Å². The van der Waals surface area contributed by atoms with Crippen LogP contribution in [0.1, 0.15) is 37.7 Å². The average molecular weight is 558 g/mol. The molecule has 1 saturated carbocycles. The van der Waals surface area contributed by atoms with Crippen molar-refractivity contribution in [2.45, 2.75) is 56.8 Å². The topological polar surface area (TPSA) is 182 Å². The van der Waals surface area contributed by atoms with Crippen LogP contribution in [0.15, 0.2) is 35.3 Å². The molecule has 1 aromatic rings. The van der Waals surface area contributed by atoms with Crippen LogP contribution < -0.4 is 21.3 Å². The molecule has 216 valence electrons. The van der Waals surface area contributed by atoms with E-state index in [1.807, 2.05) is 0 Å². The number of carbonyl (C=O) groups excluding carboxylic acids is 4. The number of urea groups is 1. The molecule has 5 amide bonds. The maximum absolute atomic E-state index is 12.7. The Labute approximate surface area is 231 Å². The van der Waals surface area contributed by atoms with Crippen molar-refractivity contribution in [3.05, 3.63) is 35.9 Å². The number of carbonyl (C=O) groups is 5. The summed E-state index contributed by atoms with van der Waals surface area (Å²) in [7, 11) is 0. The molecule has 5 N–H and O–H groups in total. The number of carboxylic acid groups (broad SMARTS) is 1. The predicted molar refractivity (Wildman–Crippen MR) is 142 cm³/mol. The lowest BCUT2D eigenvalue weighted by Gasteiger charge is -2.23. The Hall–Kier alpha value is -4.36. The normalized spacial score (nSPS) is 20.8. The van der Waals surface area contributed by atoms with Crippen molar-refractivity contribution in [3.63, 3.8) is 0 Å². The molecule has 2 heterocycles. The summed E-state index contributed by atoms with van der Waals surface area (Å²) >= 11 is 0. The minimum atomic E-state index is -1.47. The van der Waals surface area contributed by atoms with E-state index in [9.17, 15) is 29.1 Å². The summed E-state index contributed by atoms with van der Waals surface area (Å²) in [5, 5.41) is 20.6. The Morgan fingerprint density at radius 3 is 2.67 bits per heavy atom. The Bertz CT molecular complexity index is 1130. The van der Waals surface area contributed by atoms with Crippen LogP contribution in [0.4, 0.5) is 9.59 Å². The van der Waals surface area contributed by atoms with Gasteiger partial charge in [-0.15, -0.1) is 0 Å². The van der Waals surface area contributed by atoms with Gasteiger partial charge in [0.1, 0.15) is 25.7 Å². The Morgan fingerprint density at radius 2 is 1.93 bits per heavy atom. The molecular formula is C26H35N7O7. The van der Waals surface area contributed by atoms with Gasteiger partial charge in [-0.25, -0.2) is 19.4 Å². The number of alkyl carbamates (subject to hydrolysis) is 1. The zero-order chi connectivity index (χ0) is 28.5. The lowest BCUT2D eigenvalue weighted by atomic mass is 9.92. The highest BCUT2D eigenvalue weighted by atomic mass is 16.5. The van der Waals surface area contributed by atoms with E-state index in [0.717, 1.165) is 29.3 Å². The first kappa shape index (κ1) is 28.6. The smallest absolute Gasteiger partial charge is 0.408 e. The maximum atomic E-state index is 12.7. The zero-order valence-electron chi connectivity index (χ0n) is 22.1. The fourth-order valence-electron chi connectivity index (χ4n) is 4.83. The number of guanidine groups is 1. The minimum Gasteiger partial charge on any atom is -0.480 e. The van der Waals surface area contributed by atoms with Gasteiger partial charge in [-0.2, -0.15) is 0 Å². The molecule has 3 aliphatic rings. The van der Waals surface area contributed by atoms with E-state index in [1.165, 1.54) is 17.7 Å². The summed E-state index contributed by atoms with van der Waals surface area (Å²) in [5.74, 6) is -1.86. The van der Waals surface area contributed by atoms with Gasteiger partial charge in [0, 0.05) is 19.6 Å². The van der Waals surface area contributed by atoms with E-state index in [0.29, 0.717) is 31.6 Å². The van der Waals surface area contributed by atoms with Crippen molar-refractivity contribution >= 4 is 35.9 Å². The first-order valence-electron chi connectivity index (χ1n) is 13.4. The van der Waals surface area contributed by atoms with E-state index in [4.69, 9.17) is 4.74 Å². The van der Waals surface area contributed by atoms with E-state index >= 15 is 0 Å². The average Bonchev–Trinajstić information content (AvgIpc) is 3.48. The van der Waals surface area contributed by atoms with Crippen molar-refractivity contribution < 1.29 is 33.8 Å². The number of carboxylic acids is 1. The minimum absolute atomic E-state index is 0.0519. The summed E-state index contributed by atoms with van der Waals surface area (Å²) < 4.78 is 5.01. The quantitative estimate of drug-likeness (QED) is 0.174. The number of ether oxygens (including phenoxy) is 1. The molecule has 1 aliphatic carbocycles. The highest BCUT2D eigenvalue weighted by Crippen LogP contribution is 2.24. The van der Waals surface area contributed by atoms with Crippen LogP contribution >= 0.6 is 0 Å². The van der Waals surface area contributed by atoms with Gasteiger partial charge in [0.2, 0.25) is 5.91 Å². The van der Waals surface area contributed by atoms with Gasteiger partial charge in [0.05, 0.1) is 12.1 Å². The zero-order valence-corrected chi connectivity index (χ0v) is 22.1. The van der Waals surface area contributed by atoms with Gasteiger partial charge in [-0.3, -0.25) is 14.5 Å². The Kier molecular flexibility index (Phi) is 9.76. The SMILES string of the molecule is O=C(CN1C(=O)CN(CCCNC2=NC3CCCCC3N2)C1=O)NC[C@H](NC(=O)OCc1ccccc1)C(=O)O. The van der Waals surface area contributed by atoms with Gasteiger partial charge in [0.15, 0.2) is 5.96 Å². The van der Waals surface area contributed by atoms with E-state index < -0.39 is 49.0 Å². The molecule has 1 aromatic carbocycles. The number of amides is 5. The molecule has 4 rings (SSSR count). The van der Waals surface area contributed by atoms with Crippen LogP contribution in [-0.2, 0) is 25.7 Å². The van der Waals surface area contributed by atoms with Crippen LogP contribution in [0.3, 0.4) is 0 Å². The van der Waals surface area contributed by atoms with Gasteiger partial charge in [0.25, 0.3) is 5.91 Å². The van der Waals surface area contributed by atoms with E-state index in [1.54, 1.807) is 30.3 Å². The first-order chi connectivity index (χ1) is 19.3. The Morgan fingerprint density at radius 1 is 1.15 bits per heavy atom. The lowest BCUT2D eigenvalue weighted by molar-refractivity contribution is -0.139. The van der Waals surface area contributed by atoms with Gasteiger partial charge in [-0.1, -0.05) is 43.2 Å². The largest absolute Gasteiger partial charge is 0.480 e. The second-order valence-corrected chi connectivity index (χ2v) is 9.95. The number of aliphatic imine (C=N–C) groups is 1. The monoisotopic (exact) mass is 557 g/mol. The highest BCUT2D eigenvalue weighted by molar-refractivity contribution is 6.04. The molecule has 0 aromatic heterocycles. The standard InChI is InChI=1S/C26H35N7O7/c34-21(28-13-20(23(36)37)31-25(38)40-16-17-7-2-1-3-8-17)14-33-22(35)15-32(26(33)39)12-6-11-27-24-29-18-9-4-5-10-19(18)30-24/h1-3,7-8,18-20H,4-6,9-16H2,(H,28,34)(H,31,38)(H,36,37)(H2,27,29,30)/t18?,19?,20-/m0/s1. The molecule has 2 fully saturated rings. The third-order valence-electron chi connectivity index (χ3n) is 6.98. The van der Waals surface area contributed by atoms with Crippen molar-refractivity contribution in [2.24, 2.45) is 4.99 Å². The fraction of sp³-hybridized carbons (Fsp3) is 0.538. The second-order valence-electron chi connectivity index (χ2n) is 9.95. The summed E-state index contributed by atoms with van der Waals surface area (Å²) in [6.45, 7) is -0.306. The molecule has 14 nitrogen and oxygen atoms in total. The van der Waals surface area contributed by atoms with E-state index in [-0.39, 0.29) is 13.2 Å². The lowest BCUT2D eigenvalue weighted by Crippen LogP contribution is -2.50. The number of nitrogens with one attached hydrogen (secondary N) is 4. The Balaban J connectivity index is 1.14. The molecule has 1 saturated heterocycles. The van der Waals surface area contributed by atoms with Crippen molar-refractivity contribution in [3.8, 4) is 0 Å². The maximum Gasteiger partial charge on any atom is 0.408 e. The summed E-state index contributed by atoms with van der Waals surface area (Å²) in [4.78, 5) is 67.8. The molecule has 0 bridgehead atoms. The molecule has 2 unspecified atom stereocenters. The number of nitrogens with zero attached hydrogens (tertiary/aromatic N) is 3. The van der Waals surface area contributed by atoms with Gasteiger partial charge < -0.3 is 36.0 Å². The third kappa shape index (κ3) is 7.83. The molecule has 14 heteroatoms. The molecule has 2 aliphatic heterocycles. The molecule has 40 heavy (non-hydrogen) atoms.